The van der Waals surface area contributed by atoms with Crippen LogP contribution in [0.25, 0.3) is 0 Å². The molecule has 0 saturated heterocycles. The highest BCUT2D eigenvalue weighted by Gasteiger charge is 2.06. The molecule has 5 nitrogen and oxygen atoms in total. The van der Waals surface area contributed by atoms with Gasteiger partial charge in [-0.25, -0.2) is 13.9 Å². The molecule has 2 heterocycles. The first-order valence-corrected chi connectivity index (χ1v) is 7.25. The summed E-state index contributed by atoms with van der Waals surface area (Å²) in [5.41, 5.74) is 5.48. The number of aryl methyl sites for hydroxylation is 2. The largest absolute Gasteiger partial charge is 0.346 e. The lowest BCUT2D eigenvalue weighted by Crippen LogP contribution is -2.26. The normalized spacial score (nSPS) is 12.0. The Morgan fingerprint density at radius 2 is 2.40 bits per heavy atom. The van der Waals surface area contributed by atoms with Crippen molar-refractivity contribution < 1.29 is 4.39 Å². The van der Waals surface area contributed by atoms with E-state index in [-0.39, 0.29) is 18.8 Å². The third kappa shape index (κ3) is 3.64. The van der Waals surface area contributed by atoms with Crippen molar-refractivity contribution in [1.82, 2.24) is 14.3 Å². The highest BCUT2D eigenvalue weighted by Crippen LogP contribution is 2.11. The van der Waals surface area contributed by atoms with E-state index < -0.39 is 0 Å². The van der Waals surface area contributed by atoms with Gasteiger partial charge in [-0.15, -0.1) is 11.3 Å². The van der Waals surface area contributed by atoms with E-state index in [0.29, 0.717) is 18.4 Å². The van der Waals surface area contributed by atoms with Crippen LogP contribution < -0.4 is 11.4 Å². The second-order valence-electron chi connectivity index (χ2n) is 4.42. The predicted molar refractivity (Wildman–Crippen MR) is 77.4 cm³/mol. The van der Waals surface area contributed by atoms with E-state index >= 15 is 0 Å². The van der Waals surface area contributed by atoms with Crippen molar-refractivity contribution in [3.05, 3.63) is 51.1 Å². The highest BCUT2D eigenvalue weighted by molar-refractivity contribution is 7.09. The van der Waals surface area contributed by atoms with Crippen LogP contribution in [0.5, 0.6) is 0 Å². The van der Waals surface area contributed by atoms with Crippen LogP contribution in [0.4, 0.5) is 4.39 Å². The monoisotopic (exact) mass is 296 g/mol. The average Bonchev–Trinajstić information content (AvgIpc) is 3.08. The van der Waals surface area contributed by atoms with Crippen LogP contribution in [0.15, 0.2) is 40.5 Å². The minimum atomic E-state index is -0.232. The van der Waals surface area contributed by atoms with Gasteiger partial charge in [0.2, 0.25) is 0 Å². The molecule has 0 unspecified atom stereocenters. The fraction of sp³-hybridized carbons (Fsp3) is 0.385. The van der Waals surface area contributed by atoms with Crippen molar-refractivity contribution >= 4 is 11.3 Å². The summed E-state index contributed by atoms with van der Waals surface area (Å²) in [5.74, 6) is 0. The van der Waals surface area contributed by atoms with Crippen LogP contribution in [-0.4, -0.2) is 20.9 Å². The average molecular weight is 296 g/mol. The molecule has 0 aliphatic heterocycles. The molecule has 7 heteroatoms. The van der Waals surface area contributed by atoms with Gasteiger partial charge in [0.05, 0.1) is 12.9 Å². The molecule has 0 aliphatic rings. The maximum Gasteiger partial charge on any atom is 0.346 e. The van der Waals surface area contributed by atoms with Gasteiger partial charge in [0.25, 0.3) is 0 Å². The van der Waals surface area contributed by atoms with Crippen molar-refractivity contribution in [2.24, 2.45) is 5.73 Å². The van der Waals surface area contributed by atoms with Crippen LogP contribution in [0.3, 0.4) is 0 Å². The Balaban J connectivity index is 1.93. The van der Waals surface area contributed by atoms with Crippen LogP contribution in [0.1, 0.15) is 11.3 Å². The Bertz CT molecular complexity index is 615. The van der Waals surface area contributed by atoms with Crippen molar-refractivity contribution in [3.63, 3.8) is 0 Å². The first kappa shape index (κ1) is 14.7. The zero-order valence-corrected chi connectivity index (χ0v) is 11.9. The SMILES string of the molecule is NC/C(=C\F)Cn1ncn(CCCc2cccs2)c1=O. The smallest absolute Gasteiger partial charge is 0.327 e. The van der Waals surface area contributed by atoms with Gasteiger partial charge in [-0.3, -0.25) is 4.57 Å². The van der Waals surface area contributed by atoms with Crippen molar-refractivity contribution in [2.45, 2.75) is 25.9 Å². The molecular weight excluding hydrogens is 279 g/mol. The van der Waals surface area contributed by atoms with Crippen LogP contribution in [-0.2, 0) is 19.5 Å². The number of nitrogens with two attached hydrogens (primary N) is 1. The van der Waals surface area contributed by atoms with Crippen molar-refractivity contribution in [2.75, 3.05) is 6.54 Å². The lowest BCUT2D eigenvalue weighted by atomic mass is 10.2. The van der Waals surface area contributed by atoms with Crippen LogP contribution in [0.2, 0.25) is 0 Å². The summed E-state index contributed by atoms with van der Waals surface area (Å²) in [6.07, 6.45) is 3.73. The zero-order valence-electron chi connectivity index (χ0n) is 11.0. The van der Waals surface area contributed by atoms with Gasteiger partial charge < -0.3 is 5.73 Å². The maximum atomic E-state index is 12.5. The number of rotatable bonds is 7. The second kappa shape index (κ2) is 7.16. The van der Waals surface area contributed by atoms with E-state index in [1.807, 2.05) is 11.4 Å². The Morgan fingerprint density at radius 1 is 1.55 bits per heavy atom. The number of nitrogens with zero attached hydrogens (tertiary/aromatic N) is 3. The molecule has 0 saturated carbocycles. The van der Waals surface area contributed by atoms with E-state index in [1.54, 1.807) is 15.9 Å². The summed E-state index contributed by atoms with van der Waals surface area (Å²) in [4.78, 5) is 13.3. The van der Waals surface area contributed by atoms with Gasteiger partial charge in [0, 0.05) is 18.0 Å². The first-order chi connectivity index (χ1) is 9.74. The molecule has 2 aromatic heterocycles. The summed E-state index contributed by atoms with van der Waals surface area (Å²) < 4.78 is 15.2. The van der Waals surface area contributed by atoms with Gasteiger partial charge in [0.1, 0.15) is 6.33 Å². The van der Waals surface area contributed by atoms with E-state index in [4.69, 9.17) is 5.73 Å². The minimum Gasteiger partial charge on any atom is -0.327 e. The molecule has 20 heavy (non-hydrogen) atoms. The van der Waals surface area contributed by atoms with Gasteiger partial charge in [0.15, 0.2) is 0 Å². The molecule has 108 valence electrons. The first-order valence-electron chi connectivity index (χ1n) is 6.37. The molecule has 0 aliphatic carbocycles. The molecule has 0 spiro atoms. The molecule has 2 N–H and O–H groups in total. The Labute approximate surface area is 120 Å². The maximum absolute atomic E-state index is 12.5. The summed E-state index contributed by atoms with van der Waals surface area (Å²) in [5, 5.41) is 6.01. The van der Waals surface area contributed by atoms with Crippen molar-refractivity contribution in [1.29, 1.82) is 0 Å². The fourth-order valence-electron chi connectivity index (χ4n) is 1.85. The predicted octanol–water partition coefficient (Wildman–Crippen LogP) is 1.55. The van der Waals surface area contributed by atoms with Crippen molar-refractivity contribution in [3.8, 4) is 0 Å². The minimum absolute atomic E-state index is 0.0776. The van der Waals surface area contributed by atoms with Gasteiger partial charge >= 0.3 is 5.69 Å². The number of thiophene rings is 1. The number of aromatic nitrogens is 3. The molecule has 0 atom stereocenters. The molecule has 2 aromatic rings. The number of halogens is 1. The van der Waals surface area contributed by atoms with Gasteiger partial charge in [-0.2, -0.15) is 5.10 Å². The molecule has 0 fully saturated rings. The second-order valence-corrected chi connectivity index (χ2v) is 5.45. The summed E-state index contributed by atoms with van der Waals surface area (Å²) in [6, 6.07) is 4.10. The Hall–Kier alpha value is -1.73. The van der Waals surface area contributed by atoms with E-state index in [1.165, 1.54) is 15.9 Å². The number of hydrogen-bond acceptors (Lipinski definition) is 4. The third-order valence-corrected chi connectivity index (χ3v) is 3.90. The standard InChI is InChI=1S/C13H17FN4OS/c14-7-11(8-15)9-18-13(19)17(10-16-18)5-1-3-12-4-2-6-20-12/h2,4,6-7,10H,1,3,5,8-9,15H2/b11-7+. The lowest BCUT2D eigenvalue weighted by molar-refractivity contribution is 0.581. The third-order valence-electron chi connectivity index (χ3n) is 2.97. The number of hydrogen-bond donors (Lipinski definition) is 1. The quantitative estimate of drug-likeness (QED) is 0.843. The zero-order chi connectivity index (χ0) is 14.4. The van der Waals surface area contributed by atoms with Crippen LogP contribution >= 0.6 is 11.3 Å². The Kier molecular flexibility index (Phi) is 5.25. The molecule has 2 rings (SSSR count). The summed E-state index contributed by atoms with van der Waals surface area (Å²) >= 11 is 1.71. The molecule has 0 radical (unpaired) electrons. The topological polar surface area (TPSA) is 65.8 Å². The van der Waals surface area contributed by atoms with Gasteiger partial charge in [-0.05, 0) is 29.9 Å². The van der Waals surface area contributed by atoms with E-state index in [2.05, 4.69) is 11.2 Å². The lowest BCUT2D eigenvalue weighted by Gasteiger charge is -2.02. The van der Waals surface area contributed by atoms with E-state index in [9.17, 15) is 9.18 Å². The fourth-order valence-corrected chi connectivity index (χ4v) is 2.60. The molecule has 0 aromatic carbocycles. The molecular formula is C13H17FN4OS. The summed E-state index contributed by atoms with van der Waals surface area (Å²) in [7, 11) is 0. The van der Waals surface area contributed by atoms with Gasteiger partial charge in [-0.1, -0.05) is 6.07 Å². The molecule has 0 amide bonds. The molecule has 0 bridgehead atoms. The van der Waals surface area contributed by atoms with E-state index in [0.717, 1.165) is 12.8 Å². The van der Waals surface area contributed by atoms with Crippen LogP contribution in [0, 0.1) is 0 Å². The Morgan fingerprint density at radius 3 is 3.05 bits per heavy atom. The summed E-state index contributed by atoms with van der Waals surface area (Å²) in [6.45, 7) is 0.784. The highest BCUT2D eigenvalue weighted by atomic mass is 32.1.